The third-order valence-electron chi connectivity index (χ3n) is 4.60. The number of carbonyl (C=O) groups excluding carboxylic acids is 1. The van der Waals surface area contributed by atoms with Crippen LogP contribution in [-0.2, 0) is 22.4 Å². The van der Waals surface area contributed by atoms with Crippen LogP contribution in [0.3, 0.4) is 0 Å². The normalized spacial score (nSPS) is 16.2. The zero-order valence-electron chi connectivity index (χ0n) is 14.3. The molecule has 1 aliphatic rings. The second kappa shape index (κ2) is 8.08. The van der Waals surface area contributed by atoms with E-state index in [2.05, 4.69) is 22.2 Å². The van der Waals surface area contributed by atoms with Crippen molar-refractivity contribution < 1.29 is 13.9 Å². The van der Waals surface area contributed by atoms with Crippen molar-refractivity contribution in [1.29, 1.82) is 0 Å². The third kappa shape index (κ3) is 4.34. The lowest BCUT2D eigenvalue weighted by Gasteiger charge is -2.14. The third-order valence-corrected chi connectivity index (χ3v) is 4.60. The second-order valence-corrected chi connectivity index (χ2v) is 6.20. The SMILES string of the molecule is COC(=O)/C=C/c1ccc2c(c1)CCC2NCCc1ccccc1F. The van der Waals surface area contributed by atoms with E-state index < -0.39 is 0 Å². The molecule has 3 nitrogen and oxygen atoms in total. The van der Waals surface area contributed by atoms with Crippen LogP contribution >= 0.6 is 0 Å². The van der Waals surface area contributed by atoms with Gasteiger partial charge < -0.3 is 10.1 Å². The van der Waals surface area contributed by atoms with Crippen molar-refractivity contribution in [2.24, 2.45) is 0 Å². The van der Waals surface area contributed by atoms with Gasteiger partial charge in [0.05, 0.1) is 7.11 Å². The van der Waals surface area contributed by atoms with Crippen molar-refractivity contribution in [2.75, 3.05) is 13.7 Å². The smallest absolute Gasteiger partial charge is 0.330 e. The van der Waals surface area contributed by atoms with Gasteiger partial charge in [0.1, 0.15) is 5.82 Å². The summed E-state index contributed by atoms with van der Waals surface area (Å²) in [5.41, 5.74) is 4.34. The van der Waals surface area contributed by atoms with Gasteiger partial charge in [-0.25, -0.2) is 9.18 Å². The molecule has 0 fully saturated rings. The number of halogens is 1. The summed E-state index contributed by atoms with van der Waals surface area (Å²) >= 11 is 0. The molecule has 0 aromatic heterocycles. The molecule has 0 spiro atoms. The Morgan fingerprint density at radius 3 is 2.96 bits per heavy atom. The molecule has 130 valence electrons. The minimum Gasteiger partial charge on any atom is -0.466 e. The summed E-state index contributed by atoms with van der Waals surface area (Å²) < 4.78 is 18.3. The predicted molar refractivity (Wildman–Crippen MR) is 96.7 cm³/mol. The molecule has 1 aliphatic carbocycles. The van der Waals surface area contributed by atoms with Gasteiger partial charge in [-0.2, -0.15) is 0 Å². The summed E-state index contributed by atoms with van der Waals surface area (Å²) in [5.74, 6) is -0.494. The minimum atomic E-state index is -0.354. The Hall–Kier alpha value is -2.46. The summed E-state index contributed by atoms with van der Waals surface area (Å²) in [4.78, 5) is 11.2. The molecule has 1 unspecified atom stereocenters. The number of hydrogen-bond donors (Lipinski definition) is 1. The van der Waals surface area contributed by atoms with Gasteiger partial charge in [0.15, 0.2) is 0 Å². The fourth-order valence-corrected chi connectivity index (χ4v) is 3.27. The monoisotopic (exact) mass is 339 g/mol. The Morgan fingerprint density at radius 1 is 1.32 bits per heavy atom. The standard InChI is InChI=1S/C21H22FNO2/c1-25-21(24)11-7-15-6-9-18-17(14-15)8-10-20(18)23-13-12-16-4-2-3-5-19(16)22/h2-7,9,11,14,20,23H,8,10,12-13H2,1H3/b11-7+. The highest BCUT2D eigenvalue weighted by molar-refractivity contribution is 5.86. The number of aryl methyl sites for hydroxylation is 1. The molecule has 1 atom stereocenters. The van der Waals surface area contributed by atoms with Crippen molar-refractivity contribution in [3.63, 3.8) is 0 Å². The number of hydrogen-bond acceptors (Lipinski definition) is 3. The quantitative estimate of drug-likeness (QED) is 0.642. The van der Waals surface area contributed by atoms with Crippen molar-refractivity contribution >= 4 is 12.0 Å². The highest BCUT2D eigenvalue weighted by atomic mass is 19.1. The number of fused-ring (bicyclic) bond motifs is 1. The zero-order chi connectivity index (χ0) is 17.6. The molecule has 0 aliphatic heterocycles. The molecule has 3 rings (SSSR count). The largest absolute Gasteiger partial charge is 0.466 e. The van der Waals surface area contributed by atoms with Crippen molar-refractivity contribution in [1.82, 2.24) is 5.32 Å². The number of rotatable bonds is 6. The number of nitrogens with one attached hydrogen (secondary N) is 1. The van der Waals surface area contributed by atoms with Crippen LogP contribution < -0.4 is 5.32 Å². The average Bonchev–Trinajstić information content (AvgIpc) is 3.03. The van der Waals surface area contributed by atoms with Crippen LogP contribution in [0.2, 0.25) is 0 Å². The first-order valence-corrected chi connectivity index (χ1v) is 8.53. The van der Waals surface area contributed by atoms with E-state index in [1.807, 2.05) is 18.2 Å². The van der Waals surface area contributed by atoms with Gasteiger partial charge in [-0.3, -0.25) is 0 Å². The Balaban J connectivity index is 1.59. The lowest BCUT2D eigenvalue weighted by atomic mass is 10.0. The number of benzene rings is 2. The van der Waals surface area contributed by atoms with Gasteiger partial charge in [0, 0.05) is 12.1 Å². The average molecular weight is 339 g/mol. The lowest BCUT2D eigenvalue weighted by molar-refractivity contribution is -0.134. The van der Waals surface area contributed by atoms with Gasteiger partial charge in [0.2, 0.25) is 0 Å². The Bertz CT molecular complexity index is 785. The van der Waals surface area contributed by atoms with E-state index in [-0.39, 0.29) is 11.8 Å². The van der Waals surface area contributed by atoms with E-state index in [0.29, 0.717) is 12.5 Å². The maximum absolute atomic E-state index is 13.7. The van der Waals surface area contributed by atoms with Gasteiger partial charge in [-0.1, -0.05) is 36.4 Å². The maximum Gasteiger partial charge on any atom is 0.330 e. The fraction of sp³-hybridized carbons (Fsp3) is 0.286. The molecule has 2 aromatic carbocycles. The molecule has 25 heavy (non-hydrogen) atoms. The predicted octanol–water partition coefficient (Wildman–Crippen LogP) is 3.83. The molecule has 0 saturated carbocycles. The summed E-state index contributed by atoms with van der Waals surface area (Å²) in [7, 11) is 1.37. The zero-order valence-corrected chi connectivity index (χ0v) is 14.3. The van der Waals surface area contributed by atoms with Gasteiger partial charge in [-0.05, 0) is 60.2 Å². The lowest BCUT2D eigenvalue weighted by Crippen LogP contribution is -2.22. The Kier molecular flexibility index (Phi) is 5.61. The highest BCUT2D eigenvalue weighted by Gasteiger charge is 2.21. The van der Waals surface area contributed by atoms with E-state index in [1.165, 1.54) is 30.4 Å². The Morgan fingerprint density at radius 2 is 2.16 bits per heavy atom. The van der Waals surface area contributed by atoms with Gasteiger partial charge >= 0.3 is 5.97 Å². The van der Waals surface area contributed by atoms with Crippen molar-refractivity contribution in [2.45, 2.75) is 25.3 Å². The number of methoxy groups -OCH3 is 1. The first-order chi connectivity index (χ1) is 12.2. The molecule has 4 heteroatoms. The van der Waals surface area contributed by atoms with E-state index in [4.69, 9.17) is 0 Å². The van der Waals surface area contributed by atoms with Gasteiger partial charge in [-0.15, -0.1) is 0 Å². The maximum atomic E-state index is 13.7. The number of ether oxygens (including phenoxy) is 1. The molecule has 2 aromatic rings. The first kappa shape index (κ1) is 17.4. The minimum absolute atomic E-state index is 0.141. The van der Waals surface area contributed by atoms with Crippen molar-refractivity contribution in [3.05, 3.63) is 76.6 Å². The molecule has 0 heterocycles. The van der Waals surface area contributed by atoms with Crippen LogP contribution in [0.4, 0.5) is 4.39 Å². The highest BCUT2D eigenvalue weighted by Crippen LogP contribution is 2.32. The number of esters is 1. The van der Waals surface area contributed by atoms with Crippen LogP contribution in [0.25, 0.3) is 6.08 Å². The molecular formula is C21H22FNO2. The summed E-state index contributed by atoms with van der Waals surface area (Å²) in [6.45, 7) is 0.745. The van der Waals surface area contributed by atoms with Crippen LogP contribution in [-0.4, -0.2) is 19.6 Å². The summed E-state index contributed by atoms with van der Waals surface area (Å²) in [6, 6.07) is 13.5. The molecule has 0 radical (unpaired) electrons. The van der Waals surface area contributed by atoms with E-state index in [0.717, 1.165) is 30.5 Å². The van der Waals surface area contributed by atoms with Crippen LogP contribution in [0.1, 0.15) is 34.7 Å². The van der Waals surface area contributed by atoms with Crippen LogP contribution in [0, 0.1) is 5.82 Å². The molecule has 1 N–H and O–H groups in total. The van der Waals surface area contributed by atoms with Crippen LogP contribution in [0.5, 0.6) is 0 Å². The number of carbonyl (C=O) groups is 1. The first-order valence-electron chi connectivity index (χ1n) is 8.53. The van der Waals surface area contributed by atoms with Gasteiger partial charge in [0.25, 0.3) is 0 Å². The molecule has 0 amide bonds. The van der Waals surface area contributed by atoms with Crippen LogP contribution in [0.15, 0.2) is 48.5 Å². The summed E-state index contributed by atoms with van der Waals surface area (Å²) in [6.07, 6.45) is 5.92. The molecule has 0 bridgehead atoms. The Labute approximate surface area is 147 Å². The van der Waals surface area contributed by atoms with E-state index in [1.54, 1.807) is 12.1 Å². The fourth-order valence-electron chi connectivity index (χ4n) is 3.27. The van der Waals surface area contributed by atoms with Crippen molar-refractivity contribution in [3.8, 4) is 0 Å². The van der Waals surface area contributed by atoms with E-state index in [9.17, 15) is 9.18 Å². The molecular weight excluding hydrogens is 317 g/mol. The molecule has 0 saturated heterocycles. The van der Waals surface area contributed by atoms with E-state index >= 15 is 0 Å². The second-order valence-electron chi connectivity index (χ2n) is 6.20. The topological polar surface area (TPSA) is 38.3 Å². The summed E-state index contributed by atoms with van der Waals surface area (Å²) in [5, 5.41) is 3.53.